The third-order valence-corrected chi connectivity index (χ3v) is 3.55. The van der Waals surface area contributed by atoms with Gasteiger partial charge in [0, 0.05) is 39.5 Å². The number of hydrogen-bond donors (Lipinski definition) is 0. The lowest BCUT2D eigenvalue weighted by Gasteiger charge is -2.04. The van der Waals surface area contributed by atoms with Crippen molar-refractivity contribution in [2.75, 3.05) is 0 Å². The van der Waals surface area contributed by atoms with Gasteiger partial charge in [0.2, 0.25) is 0 Å². The van der Waals surface area contributed by atoms with Crippen LogP contribution in [0.15, 0.2) is 36.4 Å². The first-order valence-corrected chi connectivity index (χ1v) is 6.25. The molecule has 3 aromatic rings. The summed E-state index contributed by atoms with van der Waals surface area (Å²) in [5.74, 6) is 0. The Labute approximate surface area is 110 Å². The predicted molar refractivity (Wildman–Crippen MR) is 75.9 cm³/mol. The van der Waals surface area contributed by atoms with Crippen molar-refractivity contribution in [2.24, 2.45) is 0 Å². The number of hydrogen-bond acceptors (Lipinski definition) is 2. The number of aldehydes is 2. The maximum absolute atomic E-state index is 11.1. The van der Waals surface area contributed by atoms with Gasteiger partial charge in [-0.3, -0.25) is 9.59 Å². The summed E-state index contributed by atoms with van der Waals surface area (Å²) in [7, 11) is 0. The van der Waals surface area contributed by atoms with Crippen LogP contribution in [0.1, 0.15) is 27.6 Å². The van der Waals surface area contributed by atoms with E-state index in [-0.39, 0.29) is 0 Å². The van der Waals surface area contributed by atoms with Crippen molar-refractivity contribution in [2.45, 2.75) is 13.5 Å². The molecule has 0 bridgehead atoms. The second-order valence-corrected chi connectivity index (χ2v) is 4.50. The van der Waals surface area contributed by atoms with Crippen LogP contribution in [-0.4, -0.2) is 17.1 Å². The van der Waals surface area contributed by atoms with E-state index in [0.717, 1.165) is 40.9 Å². The lowest BCUT2D eigenvalue weighted by atomic mass is 10.0. The number of carbonyl (C=O) groups is 2. The Hall–Kier alpha value is -2.42. The molecule has 3 heteroatoms. The zero-order valence-corrected chi connectivity index (χ0v) is 10.6. The van der Waals surface area contributed by atoms with Gasteiger partial charge < -0.3 is 4.57 Å². The van der Waals surface area contributed by atoms with E-state index in [2.05, 4.69) is 17.6 Å². The van der Waals surface area contributed by atoms with Crippen LogP contribution in [0.25, 0.3) is 21.8 Å². The van der Waals surface area contributed by atoms with E-state index >= 15 is 0 Å². The minimum Gasteiger partial charge on any atom is -0.341 e. The van der Waals surface area contributed by atoms with Crippen molar-refractivity contribution in [3.8, 4) is 0 Å². The van der Waals surface area contributed by atoms with Gasteiger partial charge in [0.15, 0.2) is 12.6 Å². The molecule has 3 nitrogen and oxygen atoms in total. The predicted octanol–water partition coefficient (Wildman–Crippen LogP) is 3.44. The summed E-state index contributed by atoms with van der Waals surface area (Å²) in [6.45, 7) is 2.89. The Morgan fingerprint density at radius 1 is 0.947 bits per heavy atom. The summed E-state index contributed by atoms with van der Waals surface area (Å²) in [6.07, 6.45) is 1.47. The summed E-state index contributed by atoms with van der Waals surface area (Å²) < 4.78 is 2.16. The number of benzene rings is 2. The fraction of sp³-hybridized carbons (Fsp3) is 0.125. The number of fused-ring (bicyclic) bond motifs is 3. The van der Waals surface area contributed by atoms with Crippen LogP contribution >= 0.6 is 0 Å². The molecule has 2 aromatic carbocycles. The minimum atomic E-state index is 0.444. The standard InChI is InChI=1S/C16H13NO2/c1-2-17-15-6-4-3-5-13(15)14-7-11(9-18)12(10-19)8-16(14)17/h3-10H,2H2,1H3. The van der Waals surface area contributed by atoms with Crippen LogP contribution in [-0.2, 0) is 6.54 Å². The van der Waals surface area contributed by atoms with Crippen molar-refractivity contribution >= 4 is 34.4 Å². The molecular formula is C16H13NO2. The Morgan fingerprint density at radius 3 is 2.32 bits per heavy atom. The Morgan fingerprint density at radius 2 is 1.63 bits per heavy atom. The van der Waals surface area contributed by atoms with Crippen molar-refractivity contribution in [3.63, 3.8) is 0 Å². The van der Waals surface area contributed by atoms with E-state index < -0.39 is 0 Å². The first-order chi connectivity index (χ1) is 9.30. The van der Waals surface area contributed by atoms with E-state index in [1.807, 2.05) is 18.2 Å². The van der Waals surface area contributed by atoms with Crippen LogP contribution in [0.4, 0.5) is 0 Å². The summed E-state index contributed by atoms with van der Waals surface area (Å²) in [4.78, 5) is 22.2. The molecule has 0 radical (unpaired) electrons. The topological polar surface area (TPSA) is 39.1 Å². The van der Waals surface area contributed by atoms with Gasteiger partial charge in [-0.25, -0.2) is 0 Å². The number of aromatic nitrogens is 1. The normalized spacial score (nSPS) is 11.0. The van der Waals surface area contributed by atoms with Crippen LogP contribution in [0, 0.1) is 0 Å². The summed E-state index contributed by atoms with van der Waals surface area (Å²) in [5, 5.41) is 2.13. The molecule has 0 saturated carbocycles. The molecule has 0 amide bonds. The molecule has 3 rings (SSSR count). The fourth-order valence-electron chi connectivity index (χ4n) is 2.67. The third kappa shape index (κ3) is 1.58. The first kappa shape index (κ1) is 11.7. The minimum absolute atomic E-state index is 0.444. The third-order valence-electron chi connectivity index (χ3n) is 3.55. The fourth-order valence-corrected chi connectivity index (χ4v) is 2.67. The van der Waals surface area contributed by atoms with E-state index in [0.29, 0.717) is 11.1 Å². The smallest absolute Gasteiger partial charge is 0.150 e. The molecule has 19 heavy (non-hydrogen) atoms. The second kappa shape index (κ2) is 4.35. The van der Waals surface area contributed by atoms with Gasteiger partial charge in [-0.2, -0.15) is 0 Å². The largest absolute Gasteiger partial charge is 0.341 e. The summed E-state index contributed by atoms with van der Waals surface area (Å²) in [6, 6.07) is 11.7. The lowest BCUT2D eigenvalue weighted by Crippen LogP contribution is -1.95. The summed E-state index contributed by atoms with van der Waals surface area (Å²) >= 11 is 0. The zero-order chi connectivity index (χ0) is 13.4. The molecule has 0 unspecified atom stereocenters. The number of aryl methyl sites for hydroxylation is 1. The molecule has 0 aliphatic carbocycles. The highest BCUT2D eigenvalue weighted by atomic mass is 16.1. The number of rotatable bonds is 3. The average Bonchev–Trinajstić information content (AvgIpc) is 2.78. The van der Waals surface area contributed by atoms with E-state index in [9.17, 15) is 9.59 Å². The maximum Gasteiger partial charge on any atom is 0.150 e. The Bertz CT molecular complexity index is 799. The number of nitrogens with zero attached hydrogens (tertiary/aromatic N) is 1. The quantitative estimate of drug-likeness (QED) is 0.669. The van der Waals surface area contributed by atoms with Gasteiger partial charge in [-0.05, 0) is 25.1 Å². The maximum atomic E-state index is 11.1. The van der Waals surface area contributed by atoms with Crippen LogP contribution < -0.4 is 0 Å². The van der Waals surface area contributed by atoms with Crippen molar-refractivity contribution in [1.29, 1.82) is 0 Å². The number of para-hydroxylation sites is 1. The zero-order valence-electron chi connectivity index (χ0n) is 10.6. The highest BCUT2D eigenvalue weighted by molar-refractivity contribution is 6.11. The highest BCUT2D eigenvalue weighted by Gasteiger charge is 2.12. The van der Waals surface area contributed by atoms with Crippen LogP contribution in [0.3, 0.4) is 0 Å². The molecule has 1 heterocycles. The molecule has 0 atom stereocenters. The monoisotopic (exact) mass is 251 g/mol. The average molecular weight is 251 g/mol. The van der Waals surface area contributed by atoms with Gasteiger partial charge >= 0.3 is 0 Å². The van der Waals surface area contributed by atoms with E-state index in [4.69, 9.17) is 0 Å². The number of carbonyl (C=O) groups excluding carboxylic acids is 2. The molecule has 1 aromatic heterocycles. The SMILES string of the molecule is CCn1c2ccccc2c2cc(C=O)c(C=O)cc21. The first-order valence-electron chi connectivity index (χ1n) is 6.25. The van der Waals surface area contributed by atoms with Gasteiger partial charge in [0.1, 0.15) is 0 Å². The Kier molecular flexibility index (Phi) is 2.67. The summed E-state index contributed by atoms with van der Waals surface area (Å²) in [5.41, 5.74) is 3.01. The van der Waals surface area contributed by atoms with Crippen molar-refractivity contribution in [3.05, 3.63) is 47.5 Å². The van der Waals surface area contributed by atoms with E-state index in [1.54, 1.807) is 12.1 Å². The van der Waals surface area contributed by atoms with Gasteiger partial charge in [-0.1, -0.05) is 18.2 Å². The molecular weight excluding hydrogens is 238 g/mol. The molecule has 0 aliphatic heterocycles. The molecule has 0 N–H and O–H groups in total. The van der Waals surface area contributed by atoms with Gasteiger partial charge in [0.05, 0.1) is 0 Å². The van der Waals surface area contributed by atoms with Crippen molar-refractivity contribution < 1.29 is 9.59 Å². The molecule has 0 aliphatic rings. The van der Waals surface area contributed by atoms with Gasteiger partial charge in [0.25, 0.3) is 0 Å². The Balaban J connectivity index is 2.55. The molecule has 0 saturated heterocycles. The lowest BCUT2D eigenvalue weighted by molar-refractivity contribution is 0.109. The second-order valence-electron chi connectivity index (χ2n) is 4.50. The molecule has 0 spiro atoms. The van der Waals surface area contributed by atoms with Crippen molar-refractivity contribution in [1.82, 2.24) is 4.57 Å². The van der Waals surface area contributed by atoms with Crippen LogP contribution in [0.5, 0.6) is 0 Å². The molecule has 94 valence electrons. The molecule has 0 fully saturated rings. The highest BCUT2D eigenvalue weighted by Crippen LogP contribution is 2.30. The van der Waals surface area contributed by atoms with E-state index in [1.165, 1.54) is 0 Å². The van der Waals surface area contributed by atoms with Gasteiger partial charge in [-0.15, -0.1) is 0 Å². The van der Waals surface area contributed by atoms with Crippen LogP contribution in [0.2, 0.25) is 0 Å².